The lowest BCUT2D eigenvalue weighted by Gasteiger charge is -2.35. The van der Waals surface area contributed by atoms with Crippen LogP contribution in [0.5, 0.6) is 0 Å². The number of amides is 1. The molecular formula is C22H24N2O2S. The summed E-state index contributed by atoms with van der Waals surface area (Å²) in [5.41, 5.74) is 2.44. The third-order valence-electron chi connectivity index (χ3n) is 5.02. The van der Waals surface area contributed by atoms with Gasteiger partial charge in [-0.15, -0.1) is 11.3 Å². The fourth-order valence-electron chi connectivity index (χ4n) is 3.81. The summed E-state index contributed by atoms with van der Waals surface area (Å²) in [6, 6.07) is 16.4. The fourth-order valence-corrected chi connectivity index (χ4v) is 4.75. The molecule has 1 atom stereocenters. The average Bonchev–Trinajstić information content (AvgIpc) is 3.34. The summed E-state index contributed by atoms with van der Waals surface area (Å²) in [4.78, 5) is 16.3. The lowest BCUT2D eigenvalue weighted by Crippen LogP contribution is -2.34. The summed E-state index contributed by atoms with van der Waals surface area (Å²) in [6.45, 7) is 4.26. The molecule has 1 amide bonds. The largest absolute Gasteiger partial charge is 0.459 e. The van der Waals surface area contributed by atoms with Gasteiger partial charge in [0.15, 0.2) is 5.76 Å². The molecule has 1 saturated heterocycles. The Morgan fingerprint density at radius 1 is 1.11 bits per heavy atom. The molecule has 0 aliphatic carbocycles. The molecule has 1 aliphatic rings. The van der Waals surface area contributed by atoms with Crippen LogP contribution >= 0.6 is 11.3 Å². The van der Waals surface area contributed by atoms with E-state index in [4.69, 9.17) is 4.42 Å². The molecule has 1 fully saturated rings. The second kappa shape index (κ2) is 8.11. The van der Waals surface area contributed by atoms with Crippen molar-refractivity contribution in [2.75, 3.05) is 18.4 Å². The van der Waals surface area contributed by atoms with Gasteiger partial charge in [0, 0.05) is 10.4 Å². The van der Waals surface area contributed by atoms with Crippen molar-refractivity contribution in [1.29, 1.82) is 0 Å². The van der Waals surface area contributed by atoms with Crippen molar-refractivity contribution in [1.82, 2.24) is 4.90 Å². The first-order valence-electron chi connectivity index (χ1n) is 9.46. The number of nitrogens with zero attached hydrogens (tertiary/aromatic N) is 1. The Balaban J connectivity index is 1.70. The van der Waals surface area contributed by atoms with Crippen LogP contribution in [0.1, 0.15) is 51.9 Å². The lowest BCUT2D eigenvalue weighted by atomic mass is 9.96. The van der Waals surface area contributed by atoms with E-state index in [1.807, 2.05) is 0 Å². The van der Waals surface area contributed by atoms with E-state index in [-0.39, 0.29) is 11.9 Å². The van der Waals surface area contributed by atoms with Gasteiger partial charge in [-0.1, -0.05) is 36.8 Å². The zero-order chi connectivity index (χ0) is 18.6. The maximum atomic E-state index is 12.6. The highest BCUT2D eigenvalue weighted by Crippen LogP contribution is 2.40. The van der Waals surface area contributed by atoms with E-state index < -0.39 is 0 Å². The molecule has 1 unspecified atom stereocenters. The van der Waals surface area contributed by atoms with E-state index in [1.165, 1.54) is 41.5 Å². The zero-order valence-corrected chi connectivity index (χ0v) is 16.3. The number of aryl methyl sites for hydroxylation is 1. The molecular weight excluding hydrogens is 356 g/mol. The van der Waals surface area contributed by atoms with Crippen molar-refractivity contribution >= 4 is 22.2 Å². The van der Waals surface area contributed by atoms with Crippen molar-refractivity contribution in [3.63, 3.8) is 0 Å². The minimum Gasteiger partial charge on any atom is -0.459 e. The van der Waals surface area contributed by atoms with Crippen LogP contribution in [-0.4, -0.2) is 23.9 Å². The van der Waals surface area contributed by atoms with E-state index >= 15 is 0 Å². The van der Waals surface area contributed by atoms with Gasteiger partial charge >= 0.3 is 0 Å². The molecule has 5 heteroatoms. The number of anilines is 1. The van der Waals surface area contributed by atoms with Crippen molar-refractivity contribution in [2.45, 2.75) is 32.2 Å². The number of piperidine rings is 1. The molecule has 3 heterocycles. The van der Waals surface area contributed by atoms with E-state index in [0.29, 0.717) is 5.76 Å². The maximum absolute atomic E-state index is 12.6. The first-order valence-corrected chi connectivity index (χ1v) is 10.3. The average molecular weight is 381 g/mol. The smallest absolute Gasteiger partial charge is 0.291 e. The molecule has 0 radical (unpaired) electrons. The van der Waals surface area contributed by atoms with E-state index in [2.05, 4.69) is 53.5 Å². The summed E-state index contributed by atoms with van der Waals surface area (Å²) in [5.74, 6) is 0.134. The van der Waals surface area contributed by atoms with Crippen LogP contribution in [0.25, 0.3) is 0 Å². The number of likely N-dealkylation sites (tertiary alicyclic amines) is 1. The highest BCUT2D eigenvalue weighted by atomic mass is 32.1. The lowest BCUT2D eigenvalue weighted by molar-refractivity contribution is 0.0996. The van der Waals surface area contributed by atoms with Crippen LogP contribution in [0.15, 0.2) is 59.2 Å². The Morgan fingerprint density at radius 2 is 1.89 bits per heavy atom. The first-order chi connectivity index (χ1) is 13.2. The maximum Gasteiger partial charge on any atom is 0.291 e. The highest BCUT2D eigenvalue weighted by molar-refractivity contribution is 7.16. The number of furan rings is 1. The Hall–Kier alpha value is -2.37. The van der Waals surface area contributed by atoms with Crippen molar-refractivity contribution in [2.24, 2.45) is 0 Å². The number of carbonyl (C=O) groups is 1. The summed E-state index contributed by atoms with van der Waals surface area (Å²) in [7, 11) is 0. The predicted molar refractivity (Wildman–Crippen MR) is 109 cm³/mol. The van der Waals surface area contributed by atoms with Gasteiger partial charge in [0.05, 0.1) is 12.3 Å². The van der Waals surface area contributed by atoms with Crippen molar-refractivity contribution in [3.8, 4) is 0 Å². The Bertz CT molecular complexity index is 880. The van der Waals surface area contributed by atoms with Gasteiger partial charge in [0.2, 0.25) is 0 Å². The second-order valence-corrected chi connectivity index (χ2v) is 8.24. The molecule has 27 heavy (non-hydrogen) atoms. The summed E-state index contributed by atoms with van der Waals surface area (Å²) in [5, 5.41) is 3.99. The van der Waals surface area contributed by atoms with Crippen LogP contribution in [0.2, 0.25) is 0 Å². The number of nitrogens with one attached hydrogen (secondary N) is 1. The van der Waals surface area contributed by atoms with Crippen LogP contribution in [-0.2, 0) is 0 Å². The topological polar surface area (TPSA) is 45.5 Å². The van der Waals surface area contributed by atoms with E-state index in [0.717, 1.165) is 18.1 Å². The molecule has 4 nitrogen and oxygen atoms in total. The molecule has 3 aromatic rings. The van der Waals surface area contributed by atoms with Crippen LogP contribution in [0, 0.1) is 6.92 Å². The SMILES string of the molecule is Cc1cc(C(c2ccccc2)N2CCCCC2)c(NC(=O)c2ccco2)s1. The Labute approximate surface area is 163 Å². The quantitative estimate of drug-likeness (QED) is 0.638. The van der Waals surface area contributed by atoms with E-state index in [9.17, 15) is 4.79 Å². The third kappa shape index (κ3) is 3.99. The highest BCUT2D eigenvalue weighted by Gasteiger charge is 2.28. The van der Waals surface area contributed by atoms with Gasteiger partial charge in [-0.25, -0.2) is 0 Å². The molecule has 2 aromatic heterocycles. The number of thiophene rings is 1. The number of hydrogen-bond donors (Lipinski definition) is 1. The normalized spacial score (nSPS) is 16.2. The van der Waals surface area contributed by atoms with Crippen LogP contribution in [0.3, 0.4) is 0 Å². The molecule has 1 aromatic carbocycles. The van der Waals surface area contributed by atoms with Gasteiger partial charge in [0.25, 0.3) is 5.91 Å². The number of benzene rings is 1. The van der Waals surface area contributed by atoms with Gasteiger partial charge < -0.3 is 9.73 Å². The summed E-state index contributed by atoms with van der Waals surface area (Å²) >= 11 is 1.63. The Morgan fingerprint density at radius 3 is 2.59 bits per heavy atom. The molecule has 1 N–H and O–H groups in total. The number of carbonyl (C=O) groups excluding carboxylic acids is 1. The van der Waals surface area contributed by atoms with Gasteiger partial charge in [-0.3, -0.25) is 9.69 Å². The summed E-state index contributed by atoms with van der Waals surface area (Å²) < 4.78 is 5.26. The number of hydrogen-bond acceptors (Lipinski definition) is 4. The third-order valence-corrected chi connectivity index (χ3v) is 6.00. The fraction of sp³-hybridized carbons (Fsp3) is 0.318. The van der Waals surface area contributed by atoms with E-state index in [1.54, 1.807) is 23.5 Å². The minimum absolute atomic E-state index is 0.156. The van der Waals surface area contributed by atoms with Gasteiger partial charge in [0.1, 0.15) is 5.00 Å². The molecule has 1 aliphatic heterocycles. The summed E-state index contributed by atoms with van der Waals surface area (Å²) in [6.07, 6.45) is 5.26. The first kappa shape index (κ1) is 18.0. The molecule has 0 saturated carbocycles. The van der Waals surface area contributed by atoms with Crippen LogP contribution < -0.4 is 5.32 Å². The molecule has 0 spiro atoms. The standard InChI is InChI=1S/C22H24N2O2S/c1-16-15-18(22(27-16)23-21(25)19-11-8-14-26-19)20(17-9-4-2-5-10-17)24-12-6-3-7-13-24/h2,4-5,8-11,14-15,20H,3,6-7,12-13H2,1H3,(H,23,25). The van der Waals surface area contributed by atoms with Crippen molar-refractivity contribution < 1.29 is 9.21 Å². The minimum atomic E-state index is -0.200. The molecule has 140 valence electrons. The molecule has 4 rings (SSSR count). The van der Waals surface area contributed by atoms with Gasteiger partial charge in [-0.2, -0.15) is 0 Å². The monoisotopic (exact) mass is 380 g/mol. The predicted octanol–water partition coefficient (Wildman–Crippen LogP) is 5.48. The van der Waals surface area contributed by atoms with Crippen LogP contribution in [0.4, 0.5) is 5.00 Å². The Kier molecular flexibility index (Phi) is 5.41. The van der Waals surface area contributed by atoms with Gasteiger partial charge in [-0.05, 0) is 56.6 Å². The zero-order valence-electron chi connectivity index (χ0n) is 15.5. The second-order valence-electron chi connectivity index (χ2n) is 6.98. The van der Waals surface area contributed by atoms with Crippen molar-refractivity contribution in [3.05, 3.63) is 76.6 Å². The molecule has 0 bridgehead atoms. The number of rotatable bonds is 5.